The van der Waals surface area contributed by atoms with Crippen molar-refractivity contribution in [1.82, 2.24) is 15.0 Å². The highest BCUT2D eigenvalue weighted by Gasteiger charge is 2.15. The number of carbonyl (C=O) groups excluding carboxylic acids is 1. The molecule has 24 heavy (non-hydrogen) atoms. The minimum Gasteiger partial charge on any atom is -0.321 e. The van der Waals surface area contributed by atoms with E-state index >= 15 is 0 Å². The molecule has 0 saturated carbocycles. The van der Waals surface area contributed by atoms with Crippen LogP contribution in [-0.2, 0) is 5.41 Å². The second-order valence-corrected chi connectivity index (χ2v) is 7.41. The van der Waals surface area contributed by atoms with E-state index < -0.39 is 0 Å². The van der Waals surface area contributed by atoms with Crippen LogP contribution in [0.3, 0.4) is 0 Å². The SMILES string of the molecule is CC(C)(C)c1ccc(NC(=O)c2cnc(-c3ncccn3)s2)cc1. The minimum atomic E-state index is -0.182. The highest BCUT2D eigenvalue weighted by molar-refractivity contribution is 7.16. The molecule has 0 spiro atoms. The predicted molar refractivity (Wildman–Crippen MR) is 96.2 cm³/mol. The van der Waals surface area contributed by atoms with Gasteiger partial charge in [0.25, 0.3) is 5.91 Å². The van der Waals surface area contributed by atoms with Gasteiger partial charge in [-0.25, -0.2) is 15.0 Å². The van der Waals surface area contributed by atoms with E-state index in [-0.39, 0.29) is 11.3 Å². The molecule has 0 atom stereocenters. The van der Waals surface area contributed by atoms with E-state index in [0.717, 1.165) is 5.69 Å². The van der Waals surface area contributed by atoms with Crippen molar-refractivity contribution in [2.24, 2.45) is 0 Å². The average Bonchev–Trinajstić information content (AvgIpc) is 3.05. The standard InChI is InChI=1S/C18H18N4OS/c1-18(2,3)12-5-7-13(8-6-12)22-16(23)14-11-21-17(24-14)15-19-9-4-10-20-15/h4-11H,1-3H3,(H,22,23). The molecule has 0 radical (unpaired) electrons. The van der Waals surface area contributed by atoms with E-state index in [1.54, 1.807) is 24.7 Å². The fourth-order valence-corrected chi connectivity index (χ4v) is 2.90. The van der Waals surface area contributed by atoms with Gasteiger partial charge >= 0.3 is 0 Å². The molecule has 2 heterocycles. The molecule has 1 amide bonds. The summed E-state index contributed by atoms with van der Waals surface area (Å²) in [6.07, 6.45) is 4.86. The zero-order valence-electron chi connectivity index (χ0n) is 13.8. The largest absolute Gasteiger partial charge is 0.321 e. The predicted octanol–water partition coefficient (Wildman–Crippen LogP) is 4.15. The maximum absolute atomic E-state index is 12.4. The fourth-order valence-electron chi connectivity index (χ4n) is 2.14. The minimum absolute atomic E-state index is 0.0881. The Labute approximate surface area is 144 Å². The molecule has 2 aromatic heterocycles. The molecule has 0 saturated heterocycles. The van der Waals surface area contributed by atoms with Gasteiger partial charge in [0, 0.05) is 18.1 Å². The van der Waals surface area contributed by atoms with Crippen LogP contribution in [0.5, 0.6) is 0 Å². The third-order valence-electron chi connectivity index (χ3n) is 3.50. The molecule has 6 heteroatoms. The van der Waals surface area contributed by atoms with Gasteiger partial charge in [0.05, 0.1) is 6.20 Å². The maximum atomic E-state index is 12.4. The maximum Gasteiger partial charge on any atom is 0.267 e. The molecule has 0 fully saturated rings. The highest BCUT2D eigenvalue weighted by Crippen LogP contribution is 2.25. The molecule has 0 aliphatic carbocycles. The van der Waals surface area contributed by atoms with Gasteiger partial charge in [-0.15, -0.1) is 11.3 Å². The Morgan fingerprint density at radius 1 is 1.04 bits per heavy atom. The highest BCUT2D eigenvalue weighted by atomic mass is 32.1. The topological polar surface area (TPSA) is 67.8 Å². The lowest BCUT2D eigenvalue weighted by molar-refractivity contribution is 0.103. The van der Waals surface area contributed by atoms with Crippen molar-refractivity contribution >= 4 is 22.9 Å². The first kappa shape index (κ1) is 16.3. The summed E-state index contributed by atoms with van der Waals surface area (Å²) in [6.45, 7) is 6.47. The van der Waals surface area contributed by atoms with Gasteiger partial charge in [0.1, 0.15) is 4.88 Å². The van der Waals surface area contributed by atoms with Crippen LogP contribution in [0.15, 0.2) is 48.9 Å². The molecular weight excluding hydrogens is 320 g/mol. The fraction of sp³-hybridized carbons (Fsp3) is 0.222. The van der Waals surface area contributed by atoms with Gasteiger partial charge in [-0.1, -0.05) is 32.9 Å². The van der Waals surface area contributed by atoms with Crippen LogP contribution in [0, 0.1) is 0 Å². The zero-order chi connectivity index (χ0) is 17.2. The number of anilines is 1. The first-order chi connectivity index (χ1) is 11.4. The lowest BCUT2D eigenvalue weighted by atomic mass is 9.87. The van der Waals surface area contributed by atoms with Crippen molar-refractivity contribution in [3.05, 3.63) is 59.4 Å². The van der Waals surface area contributed by atoms with E-state index in [1.165, 1.54) is 16.9 Å². The first-order valence-electron chi connectivity index (χ1n) is 7.58. The zero-order valence-corrected chi connectivity index (χ0v) is 14.6. The Bertz CT molecular complexity index is 835. The van der Waals surface area contributed by atoms with Gasteiger partial charge in [0.15, 0.2) is 10.8 Å². The first-order valence-corrected chi connectivity index (χ1v) is 8.40. The van der Waals surface area contributed by atoms with Crippen molar-refractivity contribution in [3.63, 3.8) is 0 Å². The van der Waals surface area contributed by atoms with Gasteiger partial charge in [-0.2, -0.15) is 0 Å². The normalized spacial score (nSPS) is 11.3. The Hall–Kier alpha value is -2.60. The molecule has 0 bridgehead atoms. The number of benzene rings is 1. The number of nitrogens with zero attached hydrogens (tertiary/aromatic N) is 3. The van der Waals surface area contributed by atoms with Crippen molar-refractivity contribution in [2.45, 2.75) is 26.2 Å². The average molecular weight is 338 g/mol. The Morgan fingerprint density at radius 3 is 2.33 bits per heavy atom. The molecule has 3 rings (SSSR count). The third kappa shape index (κ3) is 3.65. The molecule has 1 aromatic carbocycles. The monoisotopic (exact) mass is 338 g/mol. The number of aromatic nitrogens is 3. The second-order valence-electron chi connectivity index (χ2n) is 6.38. The third-order valence-corrected chi connectivity index (χ3v) is 4.49. The van der Waals surface area contributed by atoms with E-state index in [1.807, 2.05) is 24.3 Å². The van der Waals surface area contributed by atoms with Gasteiger partial charge in [0.2, 0.25) is 0 Å². The lowest BCUT2D eigenvalue weighted by Crippen LogP contribution is -2.12. The summed E-state index contributed by atoms with van der Waals surface area (Å²) in [6, 6.07) is 9.64. The van der Waals surface area contributed by atoms with Crippen LogP contribution in [0.2, 0.25) is 0 Å². The van der Waals surface area contributed by atoms with E-state index in [9.17, 15) is 4.79 Å². The molecule has 0 aliphatic heterocycles. The van der Waals surface area contributed by atoms with E-state index in [0.29, 0.717) is 15.7 Å². The molecule has 0 aliphatic rings. The second kappa shape index (κ2) is 6.49. The Morgan fingerprint density at radius 2 is 1.71 bits per heavy atom. The molecule has 5 nitrogen and oxygen atoms in total. The van der Waals surface area contributed by atoms with E-state index in [4.69, 9.17) is 0 Å². The summed E-state index contributed by atoms with van der Waals surface area (Å²) in [5.74, 6) is 0.342. The van der Waals surface area contributed by atoms with E-state index in [2.05, 4.69) is 41.0 Å². The Balaban J connectivity index is 1.73. The van der Waals surface area contributed by atoms with Crippen LogP contribution < -0.4 is 5.32 Å². The van der Waals surface area contributed by atoms with Crippen molar-refractivity contribution in [2.75, 3.05) is 5.32 Å². The van der Waals surface area contributed by atoms with Crippen LogP contribution >= 0.6 is 11.3 Å². The number of hydrogen-bond acceptors (Lipinski definition) is 5. The molecule has 3 aromatic rings. The summed E-state index contributed by atoms with van der Waals surface area (Å²) in [4.78, 5) is 25.4. The van der Waals surface area contributed by atoms with Gasteiger partial charge in [-0.3, -0.25) is 4.79 Å². The number of rotatable bonds is 3. The van der Waals surface area contributed by atoms with Crippen LogP contribution in [0.4, 0.5) is 5.69 Å². The van der Waals surface area contributed by atoms with Gasteiger partial charge in [-0.05, 0) is 29.2 Å². The van der Waals surface area contributed by atoms with Crippen LogP contribution in [-0.4, -0.2) is 20.9 Å². The number of thiazole rings is 1. The van der Waals surface area contributed by atoms with Gasteiger partial charge < -0.3 is 5.32 Å². The lowest BCUT2D eigenvalue weighted by Gasteiger charge is -2.19. The quantitative estimate of drug-likeness (QED) is 0.779. The van der Waals surface area contributed by atoms with Crippen molar-refractivity contribution in [1.29, 1.82) is 0 Å². The molecule has 1 N–H and O–H groups in total. The molecule has 122 valence electrons. The summed E-state index contributed by atoms with van der Waals surface area (Å²) >= 11 is 1.27. The summed E-state index contributed by atoms with van der Waals surface area (Å²) in [5.41, 5.74) is 2.07. The number of amides is 1. The number of carbonyl (C=O) groups is 1. The number of hydrogen-bond donors (Lipinski definition) is 1. The summed E-state index contributed by atoms with van der Waals surface area (Å²) in [7, 11) is 0. The molecular formula is C18H18N4OS. The smallest absolute Gasteiger partial charge is 0.267 e. The van der Waals surface area contributed by atoms with Crippen LogP contribution in [0.1, 0.15) is 36.0 Å². The van der Waals surface area contributed by atoms with Crippen molar-refractivity contribution in [3.8, 4) is 10.8 Å². The summed E-state index contributed by atoms with van der Waals surface area (Å²) in [5, 5.41) is 3.52. The summed E-state index contributed by atoms with van der Waals surface area (Å²) < 4.78 is 0. The molecule has 0 unspecified atom stereocenters. The number of nitrogens with one attached hydrogen (secondary N) is 1. The van der Waals surface area contributed by atoms with Crippen molar-refractivity contribution < 1.29 is 4.79 Å². The van der Waals surface area contributed by atoms with Crippen LogP contribution in [0.25, 0.3) is 10.8 Å². The Kier molecular flexibility index (Phi) is 4.40.